The third-order valence-corrected chi connectivity index (χ3v) is 3.75. The number of hydrogen-bond donors (Lipinski definition) is 0. The third kappa shape index (κ3) is 7.84. The van der Waals surface area contributed by atoms with Crippen LogP contribution in [0.25, 0.3) is 0 Å². The predicted octanol–water partition coefficient (Wildman–Crippen LogP) is 5.55. The molecule has 0 saturated heterocycles. The molecule has 0 aromatic heterocycles. The van der Waals surface area contributed by atoms with Gasteiger partial charge in [-0.2, -0.15) is 0 Å². The highest BCUT2D eigenvalue weighted by molar-refractivity contribution is 9.09. The van der Waals surface area contributed by atoms with Gasteiger partial charge in [-0.25, -0.2) is 0 Å². The van der Waals surface area contributed by atoms with Gasteiger partial charge < -0.3 is 0 Å². The lowest BCUT2D eigenvalue weighted by molar-refractivity contribution is 0.413. The number of alkyl halides is 1. The fourth-order valence-corrected chi connectivity index (χ4v) is 2.43. The normalized spacial score (nSPS) is 15.4. The highest BCUT2D eigenvalue weighted by Gasteiger charge is 2.13. The average Bonchev–Trinajstić information content (AvgIpc) is 2.16. The Morgan fingerprint density at radius 2 is 1.43 bits per heavy atom. The highest BCUT2D eigenvalue weighted by Crippen LogP contribution is 2.25. The van der Waals surface area contributed by atoms with E-state index in [4.69, 9.17) is 0 Å². The monoisotopic (exact) mass is 262 g/mol. The first kappa shape index (κ1) is 14.5. The Hall–Kier alpha value is 0.480. The summed E-state index contributed by atoms with van der Waals surface area (Å²) in [4.78, 5) is 0.704. The second-order valence-corrected chi connectivity index (χ2v) is 5.87. The van der Waals surface area contributed by atoms with Gasteiger partial charge in [0.25, 0.3) is 0 Å². The van der Waals surface area contributed by atoms with E-state index in [9.17, 15) is 0 Å². The maximum absolute atomic E-state index is 3.74. The van der Waals surface area contributed by atoms with Crippen LogP contribution in [0.2, 0.25) is 0 Å². The molecule has 0 rings (SSSR count). The van der Waals surface area contributed by atoms with Gasteiger partial charge in [0.15, 0.2) is 0 Å². The van der Waals surface area contributed by atoms with Crippen LogP contribution in [0.3, 0.4) is 0 Å². The van der Waals surface area contributed by atoms with E-state index in [0.29, 0.717) is 4.83 Å². The van der Waals surface area contributed by atoms with E-state index >= 15 is 0 Å². The Morgan fingerprint density at radius 3 is 1.93 bits per heavy atom. The minimum absolute atomic E-state index is 0.704. The van der Waals surface area contributed by atoms with Crippen molar-refractivity contribution in [2.24, 2.45) is 5.92 Å². The second-order valence-electron chi connectivity index (χ2n) is 4.43. The van der Waals surface area contributed by atoms with Crippen molar-refractivity contribution in [3.05, 3.63) is 0 Å². The molecule has 14 heavy (non-hydrogen) atoms. The van der Waals surface area contributed by atoms with Crippen LogP contribution in [0, 0.1) is 5.92 Å². The lowest BCUT2D eigenvalue weighted by atomic mass is 9.93. The summed E-state index contributed by atoms with van der Waals surface area (Å²) in [6.45, 7) is 6.87. The second kappa shape index (κ2) is 10.0. The maximum Gasteiger partial charge on any atom is 0.0145 e. The summed E-state index contributed by atoms with van der Waals surface area (Å²) in [6, 6.07) is 0. The van der Waals surface area contributed by atoms with Gasteiger partial charge in [-0.3, -0.25) is 0 Å². The van der Waals surface area contributed by atoms with E-state index in [0.717, 1.165) is 5.92 Å². The Bertz CT molecular complexity index is 110. The molecule has 0 aliphatic heterocycles. The molecule has 2 unspecified atom stereocenters. The summed E-state index contributed by atoms with van der Waals surface area (Å²) in [7, 11) is 0. The maximum atomic E-state index is 3.74. The molecule has 0 heterocycles. The summed E-state index contributed by atoms with van der Waals surface area (Å²) in [6.07, 6.45) is 11.2. The molecule has 0 radical (unpaired) electrons. The number of unbranched alkanes of at least 4 members (excludes halogenated alkanes) is 4. The van der Waals surface area contributed by atoms with Crippen molar-refractivity contribution < 1.29 is 0 Å². The molecule has 2 atom stereocenters. The number of rotatable bonds is 9. The Balaban J connectivity index is 3.52. The first-order valence-electron chi connectivity index (χ1n) is 6.36. The average molecular weight is 263 g/mol. The molecule has 1 heteroatoms. The Labute approximate surface area is 99.0 Å². The first-order valence-corrected chi connectivity index (χ1v) is 7.28. The summed E-state index contributed by atoms with van der Waals surface area (Å²) >= 11 is 3.74. The summed E-state index contributed by atoms with van der Waals surface area (Å²) < 4.78 is 0. The minimum Gasteiger partial charge on any atom is -0.0891 e. The molecule has 0 saturated carbocycles. The van der Waals surface area contributed by atoms with E-state index < -0.39 is 0 Å². The lowest BCUT2D eigenvalue weighted by Gasteiger charge is -2.19. The van der Waals surface area contributed by atoms with Gasteiger partial charge in [-0.1, -0.05) is 75.2 Å². The smallest absolute Gasteiger partial charge is 0.0145 e. The van der Waals surface area contributed by atoms with E-state index in [2.05, 4.69) is 36.7 Å². The van der Waals surface area contributed by atoms with Crippen molar-refractivity contribution in [1.82, 2.24) is 0 Å². The largest absolute Gasteiger partial charge is 0.0891 e. The molecule has 0 N–H and O–H groups in total. The third-order valence-electron chi connectivity index (χ3n) is 3.01. The van der Waals surface area contributed by atoms with Crippen LogP contribution in [0.4, 0.5) is 0 Å². The molecular weight excluding hydrogens is 236 g/mol. The van der Waals surface area contributed by atoms with Gasteiger partial charge in [-0.15, -0.1) is 0 Å². The van der Waals surface area contributed by atoms with Crippen LogP contribution in [0.1, 0.15) is 72.1 Å². The molecule has 0 aromatic carbocycles. The van der Waals surface area contributed by atoms with Crippen molar-refractivity contribution in [2.45, 2.75) is 77.0 Å². The summed E-state index contributed by atoms with van der Waals surface area (Å²) in [5, 5.41) is 0. The zero-order valence-electron chi connectivity index (χ0n) is 10.2. The van der Waals surface area contributed by atoms with Crippen LogP contribution >= 0.6 is 15.9 Å². The molecular formula is C13H27Br. The van der Waals surface area contributed by atoms with Crippen LogP contribution < -0.4 is 0 Å². The van der Waals surface area contributed by atoms with E-state index in [1.165, 1.54) is 51.4 Å². The van der Waals surface area contributed by atoms with Crippen molar-refractivity contribution >= 4 is 15.9 Å². The zero-order chi connectivity index (χ0) is 10.8. The molecule has 0 aromatic rings. The summed E-state index contributed by atoms with van der Waals surface area (Å²) in [5.41, 5.74) is 0. The van der Waals surface area contributed by atoms with Gasteiger partial charge in [-0.05, 0) is 18.8 Å². The highest BCUT2D eigenvalue weighted by atomic mass is 79.9. The van der Waals surface area contributed by atoms with Crippen molar-refractivity contribution in [1.29, 1.82) is 0 Å². The number of halogens is 1. The fourth-order valence-electron chi connectivity index (χ4n) is 1.90. The molecule has 0 spiro atoms. The molecule has 0 amide bonds. The lowest BCUT2D eigenvalue weighted by Crippen LogP contribution is -2.10. The first-order chi connectivity index (χ1) is 6.72. The SMILES string of the molecule is CCCCCCC(CCCC)C(C)Br. The molecule has 0 bridgehead atoms. The minimum atomic E-state index is 0.704. The quantitative estimate of drug-likeness (QED) is 0.378. The molecule has 0 nitrogen and oxygen atoms in total. The van der Waals surface area contributed by atoms with Crippen molar-refractivity contribution in [2.75, 3.05) is 0 Å². The standard InChI is InChI=1S/C13H27Br/c1-4-6-8-9-11-13(12(3)14)10-7-5-2/h12-13H,4-11H2,1-3H3. The van der Waals surface area contributed by atoms with Gasteiger partial charge in [0, 0.05) is 4.83 Å². The molecule has 0 aliphatic carbocycles. The summed E-state index contributed by atoms with van der Waals surface area (Å²) in [5.74, 6) is 0.909. The fraction of sp³-hybridized carbons (Fsp3) is 1.00. The zero-order valence-corrected chi connectivity index (χ0v) is 11.8. The van der Waals surface area contributed by atoms with Crippen LogP contribution in [-0.2, 0) is 0 Å². The van der Waals surface area contributed by atoms with Gasteiger partial charge in [0.1, 0.15) is 0 Å². The van der Waals surface area contributed by atoms with Crippen LogP contribution in [-0.4, -0.2) is 4.83 Å². The molecule has 86 valence electrons. The molecule has 0 fully saturated rings. The van der Waals surface area contributed by atoms with Crippen LogP contribution in [0.5, 0.6) is 0 Å². The predicted molar refractivity (Wildman–Crippen MR) is 70.2 cm³/mol. The van der Waals surface area contributed by atoms with Gasteiger partial charge in [0.2, 0.25) is 0 Å². The number of hydrogen-bond acceptors (Lipinski definition) is 0. The van der Waals surface area contributed by atoms with Crippen LogP contribution in [0.15, 0.2) is 0 Å². The topological polar surface area (TPSA) is 0 Å². The van der Waals surface area contributed by atoms with Crippen molar-refractivity contribution in [3.63, 3.8) is 0 Å². The molecule has 0 aliphatic rings. The van der Waals surface area contributed by atoms with Gasteiger partial charge in [0.05, 0.1) is 0 Å². The van der Waals surface area contributed by atoms with E-state index in [1.807, 2.05) is 0 Å². The van der Waals surface area contributed by atoms with E-state index in [1.54, 1.807) is 0 Å². The van der Waals surface area contributed by atoms with E-state index in [-0.39, 0.29) is 0 Å². The van der Waals surface area contributed by atoms with Gasteiger partial charge >= 0.3 is 0 Å². The Morgan fingerprint density at radius 1 is 0.857 bits per heavy atom. The Kier molecular flexibility index (Phi) is 10.4. The van der Waals surface area contributed by atoms with Crippen molar-refractivity contribution in [3.8, 4) is 0 Å².